The molecule has 33 heavy (non-hydrogen) atoms. The summed E-state index contributed by atoms with van der Waals surface area (Å²) in [5.74, 6) is 2.11. The third-order valence-electron chi connectivity index (χ3n) is 8.77. The van der Waals surface area contributed by atoms with E-state index in [0.29, 0.717) is 0 Å². The molecule has 0 radical (unpaired) electrons. The van der Waals surface area contributed by atoms with Gasteiger partial charge in [-0.15, -0.1) is 0 Å². The molecule has 0 aromatic heterocycles. The summed E-state index contributed by atoms with van der Waals surface area (Å²) in [5, 5.41) is 0. The summed E-state index contributed by atoms with van der Waals surface area (Å²) in [6.07, 6.45) is 36.6. The number of ether oxygens (including phenoxy) is 1. The fraction of sp³-hybridized carbons (Fsp3) is 0.935. The van der Waals surface area contributed by atoms with E-state index in [2.05, 4.69) is 26.0 Å². The summed E-state index contributed by atoms with van der Waals surface area (Å²) >= 11 is 0. The predicted octanol–water partition coefficient (Wildman–Crippen LogP) is 10.2. The zero-order chi connectivity index (χ0) is 23.4. The van der Waals surface area contributed by atoms with Crippen LogP contribution in [-0.2, 0) is 4.74 Å². The van der Waals surface area contributed by atoms with Gasteiger partial charge in [0.2, 0.25) is 0 Å². The van der Waals surface area contributed by atoms with Crippen LogP contribution < -0.4 is 0 Å². The number of allylic oxidation sites excluding steroid dienone is 2. The van der Waals surface area contributed by atoms with Crippen LogP contribution in [0, 0.1) is 11.8 Å². The quantitative estimate of drug-likeness (QED) is 0.102. The van der Waals surface area contributed by atoms with E-state index in [1.165, 1.54) is 141 Å². The Labute approximate surface area is 210 Å². The van der Waals surface area contributed by atoms with Crippen molar-refractivity contribution in [2.24, 2.45) is 11.8 Å². The molecule has 0 bridgehead atoms. The molecule has 2 aliphatic rings. The van der Waals surface area contributed by atoms with Gasteiger partial charge in [-0.3, -0.25) is 0 Å². The van der Waals surface area contributed by atoms with Gasteiger partial charge in [0.25, 0.3) is 0 Å². The first-order chi connectivity index (χ1) is 16.3. The lowest BCUT2D eigenvalue weighted by molar-refractivity contribution is 0.173. The van der Waals surface area contributed by atoms with Gasteiger partial charge in [-0.05, 0) is 43.1 Å². The molecule has 2 rings (SSSR count). The fourth-order valence-electron chi connectivity index (χ4n) is 6.52. The van der Waals surface area contributed by atoms with Crippen LogP contribution in [0.1, 0.15) is 149 Å². The van der Waals surface area contributed by atoms with Crippen LogP contribution in [0.15, 0.2) is 12.2 Å². The van der Waals surface area contributed by atoms with Gasteiger partial charge in [0, 0.05) is 12.8 Å². The molecule has 1 unspecified atom stereocenters. The summed E-state index contributed by atoms with van der Waals surface area (Å²) in [6, 6.07) is 1.57. The Bertz CT molecular complexity index is 448. The van der Waals surface area contributed by atoms with Gasteiger partial charge in [-0.1, -0.05) is 141 Å². The van der Waals surface area contributed by atoms with E-state index >= 15 is 0 Å². The van der Waals surface area contributed by atoms with Gasteiger partial charge < -0.3 is 4.74 Å². The maximum Gasteiger partial charge on any atom is 0.0708 e. The lowest BCUT2D eigenvalue weighted by Gasteiger charge is -2.30. The number of hydrogen-bond acceptors (Lipinski definition) is 1. The second-order valence-corrected chi connectivity index (χ2v) is 15.0. The van der Waals surface area contributed by atoms with E-state index in [1.54, 1.807) is 6.04 Å². The average molecular weight is 477 g/mol. The molecule has 1 nitrogen and oxygen atoms in total. The highest BCUT2D eigenvalue weighted by molar-refractivity contribution is 6.60. The van der Waals surface area contributed by atoms with E-state index in [1.807, 2.05) is 0 Å². The molecule has 2 fully saturated rings. The highest BCUT2D eigenvalue weighted by Crippen LogP contribution is 2.36. The summed E-state index contributed by atoms with van der Waals surface area (Å²) in [7, 11) is -0.687. The smallest absolute Gasteiger partial charge is 0.0708 e. The Hall–Kier alpha value is -0.0831. The molecule has 0 N–H and O–H groups in total. The second kappa shape index (κ2) is 20.1. The minimum Gasteiger partial charge on any atom is -0.385 e. The lowest BCUT2D eigenvalue weighted by Crippen LogP contribution is -2.29. The van der Waals surface area contributed by atoms with Crippen molar-refractivity contribution in [2.45, 2.75) is 160 Å². The van der Waals surface area contributed by atoms with Crippen LogP contribution in [0.5, 0.6) is 0 Å². The first kappa shape index (κ1) is 29.1. The molecule has 0 aromatic rings. The van der Waals surface area contributed by atoms with Crippen LogP contribution >= 0.6 is 0 Å². The van der Waals surface area contributed by atoms with Crippen molar-refractivity contribution < 1.29 is 4.74 Å². The van der Waals surface area contributed by atoms with Gasteiger partial charge in [-0.2, -0.15) is 0 Å². The first-order valence-electron chi connectivity index (χ1n) is 15.6. The van der Waals surface area contributed by atoms with Crippen molar-refractivity contribution in [3.05, 3.63) is 12.2 Å². The number of hydrogen-bond donors (Lipinski definition) is 0. The van der Waals surface area contributed by atoms with E-state index in [0.717, 1.165) is 24.0 Å². The fourth-order valence-corrected chi connectivity index (χ4v) is 10.1. The number of rotatable bonds is 19. The van der Waals surface area contributed by atoms with Crippen molar-refractivity contribution in [1.29, 1.82) is 0 Å². The topological polar surface area (TPSA) is 9.23 Å². The standard InChI is InChI=1S/C31H60OSi/c1-3-5-6-7-8-9-10-11-13-18-29-22-24-30(25-23-29)19-16-17-27-33(28-32-26-4-2)31-20-14-12-15-21-31/h7-8,29-31,33H,3-6,9-28H2,1-2H3/b8-7+. The predicted molar refractivity (Wildman–Crippen MR) is 151 cm³/mol. The molecule has 194 valence electrons. The second-order valence-electron chi connectivity index (χ2n) is 11.7. The Kier molecular flexibility index (Phi) is 17.8. The zero-order valence-electron chi connectivity index (χ0n) is 22.8. The lowest BCUT2D eigenvalue weighted by atomic mass is 9.78. The van der Waals surface area contributed by atoms with Crippen LogP contribution in [0.4, 0.5) is 0 Å². The molecule has 2 saturated carbocycles. The normalized spacial score (nSPS) is 23.3. The van der Waals surface area contributed by atoms with Crippen LogP contribution in [-0.4, -0.2) is 21.6 Å². The molecule has 0 heterocycles. The van der Waals surface area contributed by atoms with Crippen molar-refractivity contribution in [3.8, 4) is 0 Å². The maximum atomic E-state index is 6.09. The van der Waals surface area contributed by atoms with Gasteiger partial charge in [0.1, 0.15) is 0 Å². The summed E-state index contributed by atoms with van der Waals surface area (Å²) in [4.78, 5) is 0. The highest BCUT2D eigenvalue weighted by atomic mass is 28.3. The Balaban J connectivity index is 1.48. The summed E-state index contributed by atoms with van der Waals surface area (Å²) in [6.45, 7) is 5.53. The summed E-state index contributed by atoms with van der Waals surface area (Å²) in [5.41, 5.74) is 1.10. The highest BCUT2D eigenvalue weighted by Gasteiger charge is 2.25. The average Bonchev–Trinajstić information content (AvgIpc) is 2.86. The van der Waals surface area contributed by atoms with E-state index < -0.39 is 8.80 Å². The van der Waals surface area contributed by atoms with E-state index in [-0.39, 0.29) is 0 Å². The Morgan fingerprint density at radius 1 is 0.667 bits per heavy atom. The van der Waals surface area contributed by atoms with Crippen molar-refractivity contribution in [1.82, 2.24) is 0 Å². The maximum absolute atomic E-state index is 6.09. The molecule has 0 aliphatic heterocycles. The number of unbranched alkanes of at least 4 members (excludes halogenated alkanes) is 6. The van der Waals surface area contributed by atoms with Crippen molar-refractivity contribution in [2.75, 3.05) is 12.8 Å². The first-order valence-corrected chi connectivity index (χ1v) is 17.9. The van der Waals surface area contributed by atoms with Gasteiger partial charge in [0.15, 0.2) is 0 Å². The molecule has 1 atom stereocenters. The van der Waals surface area contributed by atoms with Crippen molar-refractivity contribution in [3.63, 3.8) is 0 Å². The minimum absolute atomic E-state index is 0.687. The monoisotopic (exact) mass is 476 g/mol. The van der Waals surface area contributed by atoms with Gasteiger partial charge >= 0.3 is 0 Å². The molecule has 2 heteroatoms. The Morgan fingerprint density at radius 2 is 1.30 bits per heavy atom. The van der Waals surface area contributed by atoms with Gasteiger partial charge in [0.05, 0.1) is 8.80 Å². The van der Waals surface area contributed by atoms with E-state index in [9.17, 15) is 0 Å². The minimum atomic E-state index is -0.687. The molecule has 0 spiro atoms. The molecule has 0 saturated heterocycles. The molecule has 0 amide bonds. The Morgan fingerprint density at radius 3 is 1.94 bits per heavy atom. The molecular formula is C31H60OSi. The third-order valence-corrected chi connectivity index (χ3v) is 12.6. The SMILES string of the molecule is CCCC/C=C/CCCCCC1CCC(CCCC[SiH](COCCC)C2CCCCC2)CC1. The van der Waals surface area contributed by atoms with Crippen LogP contribution in [0.3, 0.4) is 0 Å². The molecule has 0 aromatic carbocycles. The van der Waals surface area contributed by atoms with Crippen LogP contribution in [0.25, 0.3) is 0 Å². The summed E-state index contributed by atoms with van der Waals surface area (Å²) < 4.78 is 6.09. The molecular weight excluding hydrogens is 416 g/mol. The largest absolute Gasteiger partial charge is 0.385 e. The van der Waals surface area contributed by atoms with Crippen LogP contribution in [0.2, 0.25) is 11.6 Å². The van der Waals surface area contributed by atoms with Gasteiger partial charge in [-0.25, -0.2) is 0 Å². The van der Waals surface area contributed by atoms with Crippen molar-refractivity contribution >= 4 is 8.80 Å². The molecule has 2 aliphatic carbocycles. The zero-order valence-corrected chi connectivity index (χ0v) is 24.0. The third kappa shape index (κ3) is 14.2. The van der Waals surface area contributed by atoms with E-state index in [4.69, 9.17) is 4.74 Å².